The molecule has 1 amide bonds. The fourth-order valence-electron chi connectivity index (χ4n) is 1.93. The number of benzene rings is 1. The Bertz CT molecular complexity index is 672. The summed E-state index contributed by atoms with van der Waals surface area (Å²) in [6.45, 7) is 3.15. The van der Waals surface area contributed by atoms with Gasteiger partial charge in [-0.05, 0) is 43.2 Å². The quantitative estimate of drug-likeness (QED) is 0.846. The van der Waals surface area contributed by atoms with E-state index >= 15 is 0 Å². The van der Waals surface area contributed by atoms with Crippen LogP contribution in [0.1, 0.15) is 31.7 Å². The third-order valence-corrected chi connectivity index (χ3v) is 4.44. The predicted molar refractivity (Wildman–Crippen MR) is 77.4 cm³/mol. The highest BCUT2D eigenvalue weighted by molar-refractivity contribution is 7.14. The lowest BCUT2D eigenvalue weighted by atomic mass is 10.1. The van der Waals surface area contributed by atoms with E-state index in [0.717, 1.165) is 22.6 Å². The second-order valence-corrected chi connectivity index (χ2v) is 6.11. The van der Waals surface area contributed by atoms with Crippen LogP contribution in [0.25, 0.3) is 0 Å². The van der Waals surface area contributed by atoms with E-state index < -0.39 is 36.0 Å². The van der Waals surface area contributed by atoms with Crippen LogP contribution >= 0.6 is 11.3 Å². The minimum absolute atomic E-state index is 0.0442. The van der Waals surface area contributed by atoms with Crippen molar-refractivity contribution in [2.24, 2.45) is 0 Å². The van der Waals surface area contributed by atoms with E-state index in [1.54, 1.807) is 6.07 Å². The summed E-state index contributed by atoms with van der Waals surface area (Å²) < 4.78 is 39.4. The van der Waals surface area contributed by atoms with Gasteiger partial charge in [-0.15, -0.1) is 11.3 Å². The lowest BCUT2D eigenvalue weighted by Gasteiger charge is -2.16. The minimum atomic E-state index is -1.59. The number of nitrogens with one attached hydrogen (secondary N) is 1. The summed E-state index contributed by atoms with van der Waals surface area (Å²) in [6, 6.07) is 2.17. The normalized spacial score (nSPS) is 12.3. The van der Waals surface area contributed by atoms with E-state index in [1.807, 2.05) is 13.8 Å². The van der Waals surface area contributed by atoms with Crippen molar-refractivity contribution in [3.63, 3.8) is 0 Å². The summed E-state index contributed by atoms with van der Waals surface area (Å²) in [6.07, 6.45) is 0. The number of hydrogen-bond donors (Lipinski definition) is 2. The van der Waals surface area contributed by atoms with Crippen LogP contribution in [-0.4, -0.2) is 17.6 Å². The number of halogens is 3. The van der Waals surface area contributed by atoms with Gasteiger partial charge in [-0.25, -0.2) is 13.2 Å². The molecule has 7 heteroatoms. The molecule has 1 aromatic carbocycles. The molecule has 0 aliphatic heterocycles. The Balaban J connectivity index is 2.24. The highest BCUT2D eigenvalue weighted by Gasteiger charge is 2.20. The van der Waals surface area contributed by atoms with Gasteiger partial charge in [-0.2, -0.15) is 0 Å². The van der Waals surface area contributed by atoms with Crippen molar-refractivity contribution in [2.45, 2.75) is 19.9 Å². The summed E-state index contributed by atoms with van der Waals surface area (Å²) in [7, 11) is 0. The van der Waals surface area contributed by atoms with Gasteiger partial charge in [0.25, 0.3) is 5.91 Å². The van der Waals surface area contributed by atoms with Gasteiger partial charge in [-0.1, -0.05) is 0 Å². The molecular weight excluding hydrogens is 315 g/mol. The number of aliphatic hydroxyl groups is 1. The largest absolute Gasteiger partial charge is 0.394 e. The fraction of sp³-hybridized carbons (Fsp3) is 0.267. The average Bonchev–Trinajstić information content (AvgIpc) is 2.81. The highest BCUT2D eigenvalue weighted by atomic mass is 32.1. The first-order valence-corrected chi connectivity index (χ1v) is 7.28. The zero-order valence-electron chi connectivity index (χ0n) is 11.9. The second kappa shape index (κ2) is 6.50. The molecule has 1 unspecified atom stereocenters. The molecule has 3 nitrogen and oxygen atoms in total. The lowest BCUT2D eigenvalue weighted by Crippen LogP contribution is -2.30. The number of amides is 1. The molecular formula is C15H14F3NO2S. The van der Waals surface area contributed by atoms with E-state index in [-0.39, 0.29) is 5.56 Å². The van der Waals surface area contributed by atoms with Crippen LogP contribution < -0.4 is 5.32 Å². The Morgan fingerprint density at radius 2 is 1.82 bits per heavy atom. The van der Waals surface area contributed by atoms with Gasteiger partial charge in [0.1, 0.15) is 0 Å². The molecule has 0 spiro atoms. The molecule has 1 aromatic heterocycles. The lowest BCUT2D eigenvalue weighted by molar-refractivity contribution is 0.0920. The first-order chi connectivity index (χ1) is 10.3. The van der Waals surface area contributed by atoms with E-state index in [1.165, 1.54) is 11.3 Å². The van der Waals surface area contributed by atoms with Gasteiger partial charge >= 0.3 is 0 Å². The van der Waals surface area contributed by atoms with Crippen molar-refractivity contribution >= 4 is 17.2 Å². The van der Waals surface area contributed by atoms with Crippen molar-refractivity contribution in [1.29, 1.82) is 0 Å². The fourth-order valence-corrected chi connectivity index (χ4v) is 2.86. The van der Waals surface area contributed by atoms with Crippen molar-refractivity contribution in [2.75, 3.05) is 6.61 Å². The van der Waals surface area contributed by atoms with Gasteiger partial charge < -0.3 is 10.4 Å². The van der Waals surface area contributed by atoms with Gasteiger partial charge in [0.2, 0.25) is 0 Å². The number of carbonyl (C=O) groups is 1. The number of thiophene rings is 1. The molecule has 2 rings (SSSR count). The van der Waals surface area contributed by atoms with Crippen molar-refractivity contribution in [3.8, 4) is 0 Å². The molecule has 0 bridgehead atoms. The van der Waals surface area contributed by atoms with Gasteiger partial charge in [0.15, 0.2) is 17.5 Å². The monoisotopic (exact) mass is 329 g/mol. The number of aryl methyl sites for hydroxylation is 2. The van der Waals surface area contributed by atoms with Crippen LogP contribution in [-0.2, 0) is 0 Å². The molecule has 1 atom stereocenters. The molecule has 118 valence electrons. The molecule has 2 aromatic rings. The molecule has 0 aliphatic carbocycles. The summed E-state index contributed by atoms with van der Waals surface area (Å²) in [5, 5.41) is 11.8. The predicted octanol–water partition coefficient (Wildman–Crippen LogP) is 3.25. The number of rotatable bonds is 4. The summed E-state index contributed by atoms with van der Waals surface area (Å²) in [5.74, 6) is -4.79. The zero-order valence-corrected chi connectivity index (χ0v) is 12.7. The molecule has 1 heterocycles. The summed E-state index contributed by atoms with van der Waals surface area (Å²) >= 11 is 1.28. The Kier molecular flexibility index (Phi) is 4.87. The zero-order chi connectivity index (χ0) is 16.4. The van der Waals surface area contributed by atoms with Crippen molar-refractivity contribution in [1.82, 2.24) is 5.32 Å². The Labute approximate surface area is 129 Å². The maximum atomic E-state index is 13.2. The van der Waals surface area contributed by atoms with Crippen LogP contribution in [0.2, 0.25) is 0 Å². The minimum Gasteiger partial charge on any atom is -0.394 e. The number of aliphatic hydroxyl groups excluding tert-OH is 1. The van der Waals surface area contributed by atoms with E-state index in [2.05, 4.69) is 5.32 Å². The van der Waals surface area contributed by atoms with Gasteiger partial charge in [-0.3, -0.25) is 4.79 Å². The Morgan fingerprint density at radius 3 is 2.27 bits per heavy atom. The van der Waals surface area contributed by atoms with Gasteiger partial charge in [0, 0.05) is 4.88 Å². The standard InChI is InChI=1S/C15H14F3NO2S/c1-7-3-13(22-8(7)2)15(21)19-12(6-20)9-4-10(16)14(18)11(17)5-9/h3-5,12,20H,6H2,1-2H3,(H,19,21). The van der Waals surface area contributed by atoms with Crippen LogP contribution in [0.3, 0.4) is 0 Å². The molecule has 2 N–H and O–H groups in total. The summed E-state index contributed by atoms with van der Waals surface area (Å²) in [5.41, 5.74) is 0.909. The SMILES string of the molecule is Cc1cc(C(=O)NC(CO)c2cc(F)c(F)c(F)c2)sc1C. The molecule has 0 saturated heterocycles. The average molecular weight is 329 g/mol. The smallest absolute Gasteiger partial charge is 0.261 e. The maximum absolute atomic E-state index is 13.2. The molecule has 0 fully saturated rings. The van der Waals surface area contributed by atoms with Crippen LogP contribution in [0, 0.1) is 31.3 Å². The second-order valence-electron chi connectivity index (χ2n) is 4.86. The van der Waals surface area contributed by atoms with E-state index in [4.69, 9.17) is 0 Å². The Hall–Kier alpha value is -1.86. The molecule has 0 aliphatic rings. The van der Waals surface area contributed by atoms with Crippen LogP contribution in [0.4, 0.5) is 13.2 Å². The van der Waals surface area contributed by atoms with E-state index in [0.29, 0.717) is 4.88 Å². The van der Waals surface area contributed by atoms with Crippen LogP contribution in [0.5, 0.6) is 0 Å². The van der Waals surface area contributed by atoms with E-state index in [9.17, 15) is 23.1 Å². The molecule has 0 saturated carbocycles. The number of hydrogen-bond acceptors (Lipinski definition) is 3. The third kappa shape index (κ3) is 3.31. The topological polar surface area (TPSA) is 49.3 Å². The highest BCUT2D eigenvalue weighted by Crippen LogP contribution is 2.23. The number of carbonyl (C=O) groups excluding carboxylic acids is 1. The van der Waals surface area contributed by atoms with Gasteiger partial charge in [0.05, 0.1) is 17.5 Å². The van der Waals surface area contributed by atoms with Crippen molar-refractivity contribution < 1.29 is 23.1 Å². The van der Waals surface area contributed by atoms with Crippen molar-refractivity contribution in [3.05, 3.63) is 56.5 Å². The first-order valence-electron chi connectivity index (χ1n) is 6.46. The molecule has 22 heavy (non-hydrogen) atoms. The third-order valence-electron chi connectivity index (χ3n) is 3.29. The molecule has 0 radical (unpaired) electrons. The summed E-state index contributed by atoms with van der Waals surface area (Å²) in [4.78, 5) is 13.5. The van der Waals surface area contributed by atoms with Crippen LogP contribution in [0.15, 0.2) is 18.2 Å². The first kappa shape index (κ1) is 16.5. The Morgan fingerprint density at radius 1 is 1.23 bits per heavy atom. The maximum Gasteiger partial charge on any atom is 0.261 e.